The van der Waals surface area contributed by atoms with Crippen LogP contribution in [0, 0.1) is 10.8 Å². The standard InChI is InChI=1S/C15H20N2O3/c1-15(2,3)8-11-6-10(13(16)17)5-4-9(11)7-12(18)14(19)20/h4-6H,7-8H2,1-3H3,(H3,16,17)(H,19,20). The van der Waals surface area contributed by atoms with Gasteiger partial charge in [-0.15, -0.1) is 0 Å². The van der Waals surface area contributed by atoms with Gasteiger partial charge in [-0.3, -0.25) is 10.2 Å². The van der Waals surface area contributed by atoms with Gasteiger partial charge >= 0.3 is 5.97 Å². The largest absolute Gasteiger partial charge is 0.475 e. The van der Waals surface area contributed by atoms with E-state index >= 15 is 0 Å². The van der Waals surface area contributed by atoms with E-state index in [2.05, 4.69) is 20.8 Å². The van der Waals surface area contributed by atoms with Gasteiger partial charge in [-0.05, 0) is 29.0 Å². The highest BCUT2D eigenvalue weighted by atomic mass is 16.4. The summed E-state index contributed by atoms with van der Waals surface area (Å²) < 4.78 is 0. The number of carboxylic acids is 1. The Labute approximate surface area is 118 Å². The Kier molecular flexibility index (Phi) is 4.65. The first-order chi connectivity index (χ1) is 9.10. The molecule has 0 aromatic heterocycles. The average Bonchev–Trinajstić information content (AvgIpc) is 2.28. The lowest BCUT2D eigenvalue weighted by molar-refractivity contribution is -0.148. The third-order valence-corrected chi connectivity index (χ3v) is 2.83. The molecular formula is C15H20N2O3. The summed E-state index contributed by atoms with van der Waals surface area (Å²) in [4.78, 5) is 22.1. The number of Topliss-reactive ketones (excluding diaryl/α,β-unsaturated/α-hetero) is 1. The zero-order valence-electron chi connectivity index (χ0n) is 12.0. The van der Waals surface area contributed by atoms with Gasteiger partial charge in [0.25, 0.3) is 0 Å². The number of carbonyl (C=O) groups excluding carboxylic acids is 1. The van der Waals surface area contributed by atoms with Crippen LogP contribution in [0.15, 0.2) is 18.2 Å². The Hall–Kier alpha value is -2.17. The Morgan fingerprint density at radius 3 is 2.30 bits per heavy atom. The maximum atomic E-state index is 11.4. The molecule has 108 valence electrons. The molecule has 20 heavy (non-hydrogen) atoms. The van der Waals surface area contributed by atoms with Crippen LogP contribution in [0.1, 0.15) is 37.5 Å². The summed E-state index contributed by atoms with van der Waals surface area (Å²) in [5.74, 6) is -2.31. The topological polar surface area (TPSA) is 104 Å². The number of benzene rings is 1. The quantitative estimate of drug-likeness (QED) is 0.433. The fourth-order valence-corrected chi connectivity index (χ4v) is 1.95. The van der Waals surface area contributed by atoms with E-state index in [0.717, 1.165) is 5.56 Å². The van der Waals surface area contributed by atoms with Gasteiger partial charge in [-0.1, -0.05) is 32.9 Å². The van der Waals surface area contributed by atoms with E-state index in [0.29, 0.717) is 17.5 Å². The molecule has 0 bridgehead atoms. The number of hydrogen-bond acceptors (Lipinski definition) is 3. The molecule has 0 saturated heterocycles. The minimum absolute atomic E-state index is 0.0174. The SMILES string of the molecule is CC(C)(C)Cc1cc(C(=N)N)ccc1CC(=O)C(=O)O. The van der Waals surface area contributed by atoms with E-state index in [4.69, 9.17) is 16.2 Å². The highest BCUT2D eigenvalue weighted by Gasteiger charge is 2.19. The van der Waals surface area contributed by atoms with Crippen molar-refractivity contribution in [2.45, 2.75) is 33.6 Å². The van der Waals surface area contributed by atoms with Crippen molar-refractivity contribution in [2.24, 2.45) is 11.1 Å². The second-order valence-electron chi connectivity index (χ2n) is 6.04. The molecule has 0 heterocycles. The van der Waals surface area contributed by atoms with E-state index in [1.807, 2.05) is 0 Å². The van der Waals surface area contributed by atoms with Crippen molar-refractivity contribution < 1.29 is 14.7 Å². The van der Waals surface area contributed by atoms with E-state index in [1.165, 1.54) is 0 Å². The zero-order valence-corrected chi connectivity index (χ0v) is 12.0. The average molecular weight is 276 g/mol. The predicted molar refractivity (Wildman–Crippen MR) is 77.0 cm³/mol. The molecule has 0 aliphatic heterocycles. The molecule has 0 fully saturated rings. The number of rotatable bonds is 5. The molecular weight excluding hydrogens is 256 g/mol. The molecule has 5 nitrogen and oxygen atoms in total. The number of nitrogen functional groups attached to an aromatic ring is 1. The Bertz CT molecular complexity index is 557. The summed E-state index contributed by atoms with van der Waals surface area (Å²) in [6.45, 7) is 6.16. The van der Waals surface area contributed by atoms with Gasteiger partial charge in [0.2, 0.25) is 5.78 Å². The number of aliphatic carboxylic acids is 1. The van der Waals surface area contributed by atoms with Gasteiger partial charge in [-0.25, -0.2) is 4.79 Å². The summed E-state index contributed by atoms with van der Waals surface area (Å²) >= 11 is 0. The Morgan fingerprint density at radius 2 is 1.85 bits per heavy atom. The third-order valence-electron chi connectivity index (χ3n) is 2.83. The molecule has 5 heteroatoms. The summed E-state index contributed by atoms with van der Waals surface area (Å²) in [7, 11) is 0. The van der Waals surface area contributed by atoms with Crippen LogP contribution in [-0.2, 0) is 22.4 Å². The van der Waals surface area contributed by atoms with E-state index in [1.54, 1.807) is 18.2 Å². The molecule has 0 radical (unpaired) electrons. The van der Waals surface area contributed by atoms with Gasteiger partial charge in [0.1, 0.15) is 5.84 Å². The third kappa shape index (κ3) is 4.50. The number of carbonyl (C=O) groups is 2. The van der Waals surface area contributed by atoms with Gasteiger partial charge in [0, 0.05) is 12.0 Å². The van der Waals surface area contributed by atoms with E-state index in [9.17, 15) is 9.59 Å². The maximum Gasteiger partial charge on any atom is 0.372 e. The number of amidine groups is 1. The van der Waals surface area contributed by atoms with Crippen molar-refractivity contribution in [1.29, 1.82) is 5.41 Å². The molecule has 0 aliphatic rings. The second kappa shape index (κ2) is 5.86. The van der Waals surface area contributed by atoms with E-state index in [-0.39, 0.29) is 17.7 Å². The van der Waals surface area contributed by atoms with Crippen molar-refractivity contribution >= 4 is 17.6 Å². The van der Waals surface area contributed by atoms with Crippen molar-refractivity contribution in [2.75, 3.05) is 0 Å². The van der Waals surface area contributed by atoms with Crippen LogP contribution in [0.3, 0.4) is 0 Å². The fraction of sp³-hybridized carbons (Fsp3) is 0.400. The van der Waals surface area contributed by atoms with Gasteiger partial charge < -0.3 is 10.8 Å². The summed E-state index contributed by atoms with van der Waals surface area (Å²) in [5, 5.41) is 16.2. The summed E-state index contributed by atoms with van der Waals surface area (Å²) in [6, 6.07) is 5.08. The molecule has 0 spiro atoms. The van der Waals surface area contributed by atoms with Gasteiger partial charge in [0.15, 0.2) is 0 Å². The second-order valence-corrected chi connectivity index (χ2v) is 6.04. The van der Waals surface area contributed by atoms with Gasteiger partial charge in [0.05, 0.1) is 0 Å². The van der Waals surface area contributed by atoms with Crippen molar-refractivity contribution in [3.05, 3.63) is 34.9 Å². The smallest absolute Gasteiger partial charge is 0.372 e. The van der Waals surface area contributed by atoms with Crippen LogP contribution < -0.4 is 5.73 Å². The summed E-state index contributed by atoms with van der Waals surface area (Å²) in [6.07, 6.45) is 0.537. The zero-order chi connectivity index (χ0) is 15.5. The number of hydrogen-bond donors (Lipinski definition) is 3. The lowest BCUT2D eigenvalue weighted by Crippen LogP contribution is -2.19. The first-order valence-corrected chi connectivity index (χ1v) is 6.32. The molecule has 0 saturated carbocycles. The monoisotopic (exact) mass is 276 g/mol. The highest BCUT2D eigenvalue weighted by Crippen LogP contribution is 2.24. The highest BCUT2D eigenvalue weighted by molar-refractivity contribution is 6.33. The Morgan fingerprint density at radius 1 is 1.25 bits per heavy atom. The summed E-state index contributed by atoms with van der Waals surface area (Å²) in [5.41, 5.74) is 7.57. The lowest BCUT2D eigenvalue weighted by Gasteiger charge is -2.21. The number of nitrogens with two attached hydrogens (primary N) is 1. The first kappa shape index (κ1) is 15.9. The van der Waals surface area contributed by atoms with Crippen LogP contribution >= 0.6 is 0 Å². The number of carboxylic acid groups (broad SMARTS) is 1. The van der Waals surface area contributed by atoms with Crippen LogP contribution in [0.4, 0.5) is 0 Å². The minimum Gasteiger partial charge on any atom is -0.475 e. The van der Waals surface area contributed by atoms with E-state index < -0.39 is 11.8 Å². The van der Waals surface area contributed by atoms with Crippen LogP contribution in [0.25, 0.3) is 0 Å². The Balaban J connectivity index is 3.18. The van der Waals surface area contributed by atoms with Crippen LogP contribution in [0.2, 0.25) is 0 Å². The molecule has 0 aliphatic carbocycles. The van der Waals surface area contributed by atoms with Crippen LogP contribution in [0.5, 0.6) is 0 Å². The van der Waals surface area contributed by atoms with Crippen molar-refractivity contribution in [3.8, 4) is 0 Å². The normalized spacial score (nSPS) is 11.2. The van der Waals surface area contributed by atoms with Crippen molar-refractivity contribution in [3.63, 3.8) is 0 Å². The molecule has 1 aromatic rings. The molecule has 0 unspecified atom stereocenters. The van der Waals surface area contributed by atoms with Crippen LogP contribution in [-0.4, -0.2) is 22.7 Å². The van der Waals surface area contributed by atoms with Crippen molar-refractivity contribution in [1.82, 2.24) is 0 Å². The molecule has 0 atom stereocenters. The molecule has 4 N–H and O–H groups in total. The lowest BCUT2D eigenvalue weighted by atomic mass is 9.84. The number of nitrogens with one attached hydrogen (secondary N) is 1. The fourth-order valence-electron chi connectivity index (χ4n) is 1.95. The first-order valence-electron chi connectivity index (χ1n) is 6.32. The van der Waals surface area contributed by atoms with Gasteiger partial charge in [-0.2, -0.15) is 0 Å². The maximum absolute atomic E-state index is 11.4. The number of ketones is 1. The molecule has 1 rings (SSSR count). The molecule has 1 aromatic carbocycles. The molecule has 0 amide bonds. The predicted octanol–water partition coefficient (Wildman–Crippen LogP) is 1.76. The minimum atomic E-state index is -1.43.